The van der Waals surface area contributed by atoms with E-state index >= 15 is 0 Å². The average molecular weight is 428 g/mol. The van der Waals surface area contributed by atoms with Gasteiger partial charge in [-0.05, 0) is 52.9 Å². The fourth-order valence-corrected chi connectivity index (χ4v) is 4.84. The van der Waals surface area contributed by atoms with Gasteiger partial charge >= 0.3 is 0 Å². The molecule has 2 aromatic carbocycles. The van der Waals surface area contributed by atoms with Crippen LogP contribution in [0.4, 0.5) is 0 Å². The normalized spacial score (nSPS) is 20.9. The highest BCUT2D eigenvalue weighted by Crippen LogP contribution is 2.42. The topological polar surface area (TPSA) is 109 Å². The maximum atomic E-state index is 13.4. The third-order valence-electron chi connectivity index (χ3n) is 6.18. The number of hydrogen-bond donors (Lipinski definition) is 3. The van der Waals surface area contributed by atoms with Crippen LogP contribution in [0.2, 0.25) is 0 Å². The first-order chi connectivity index (χ1) is 14.5. The fourth-order valence-electron chi connectivity index (χ4n) is 4.84. The largest absolute Gasteiger partial charge is 0.508 e. The number of aromatic hydroxyl groups is 3. The Morgan fingerprint density at radius 2 is 1.71 bits per heavy atom. The van der Waals surface area contributed by atoms with Crippen molar-refractivity contribution in [3.05, 3.63) is 34.0 Å². The monoisotopic (exact) mass is 428 g/mol. The first-order valence-corrected chi connectivity index (χ1v) is 10.5. The highest BCUT2D eigenvalue weighted by Gasteiger charge is 2.37. The predicted molar refractivity (Wildman–Crippen MR) is 117 cm³/mol. The summed E-state index contributed by atoms with van der Waals surface area (Å²) in [5.74, 6) is -0.536. The molecule has 1 saturated heterocycles. The number of rotatable bonds is 4. The Morgan fingerprint density at radius 3 is 2.39 bits per heavy atom. The minimum Gasteiger partial charge on any atom is -0.508 e. The summed E-state index contributed by atoms with van der Waals surface area (Å²) in [6, 6.07) is 3.68. The summed E-state index contributed by atoms with van der Waals surface area (Å²) in [7, 11) is 1.44. The Kier molecular flexibility index (Phi) is 5.04. The Labute approximate surface area is 179 Å². The van der Waals surface area contributed by atoms with Crippen LogP contribution < -0.4 is 10.2 Å². The number of hydrogen-bond acceptors (Lipinski definition) is 7. The number of fused-ring (bicyclic) bond motifs is 2. The molecule has 0 radical (unpaired) electrons. The summed E-state index contributed by atoms with van der Waals surface area (Å²) in [6.45, 7) is 6.22. The van der Waals surface area contributed by atoms with Crippen molar-refractivity contribution in [1.29, 1.82) is 0 Å². The van der Waals surface area contributed by atoms with Gasteiger partial charge in [0, 0.05) is 23.8 Å². The van der Waals surface area contributed by atoms with Crippen LogP contribution in [0.3, 0.4) is 0 Å². The van der Waals surface area contributed by atoms with E-state index in [1.807, 2.05) is 0 Å². The van der Waals surface area contributed by atoms with Gasteiger partial charge in [-0.2, -0.15) is 0 Å². The summed E-state index contributed by atoms with van der Waals surface area (Å²) >= 11 is 0. The molecule has 1 aliphatic rings. The van der Waals surface area contributed by atoms with Crippen LogP contribution in [-0.4, -0.2) is 33.6 Å². The van der Waals surface area contributed by atoms with Gasteiger partial charge in [0.2, 0.25) is 5.43 Å². The molecular formula is C24H28O7. The molecule has 0 bridgehead atoms. The molecule has 1 aromatic heterocycles. The van der Waals surface area contributed by atoms with E-state index in [1.54, 1.807) is 0 Å². The van der Waals surface area contributed by atoms with Crippen molar-refractivity contribution >= 4 is 21.9 Å². The first-order valence-electron chi connectivity index (χ1n) is 10.5. The summed E-state index contributed by atoms with van der Waals surface area (Å²) in [6.07, 6.45) is 3.96. The van der Waals surface area contributed by atoms with Crippen LogP contribution in [0.25, 0.3) is 21.9 Å². The molecule has 166 valence electrons. The molecular weight excluding hydrogens is 400 g/mol. The van der Waals surface area contributed by atoms with Crippen molar-refractivity contribution in [3.8, 4) is 23.0 Å². The maximum Gasteiger partial charge on any atom is 0.204 e. The average Bonchev–Trinajstić information content (AvgIpc) is 2.64. The molecule has 3 N–H and O–H groups in total. The molecule has 31 heavy (non-hydrogen) atoms. The van der Waals surface area contributed by atoms with Crippen molar-refractivity contribution in [3.63, 3.8) is 0 Å². The van der Waals surface area contributed by atoms with Gasteiger partial charge < -0.3 is 29.2 Å². The Bertz CT molecular complexity index is 1220. The van der Waals surface area contributed by atoms with Crippen molar-refractivity contribution in [2.45, 2.75) is 64.1 Å². The van der Waals surface area contributed by atoms with Crippen LogP contribution in [0.15, 0.2) is 27.4 Å². The number of phenols is 3. The second-order valence-corrected chi connectivity index (χ2v) is 9.22. The fraction of sp³-hybridized carbons (Fsp3) is 0.458. The Morgan fingerprint density at radius 1 is 1.00 bits per heavy atom. The van der Waals surface area contributed by atoms with Crippen LogP contribution in [0.5, 0.6) is 23.0 Å². The third kappa shape index (κ3) is 3.78. The standard InChI is InChI=1S/C24H28O7/c1-23(2)7-5-8-24(3,31-23)9-6-14-19-18(12-16(27)22(14)29-4)30-17-11-13(25)10-15(26)20(17)21(19)28/h10-12,25-27H,5-9H2,1-4H3. The number of phenolic OH excluding ortho intramolecular Hbond substituents is 3. The van der Waals surface area contributed by atoms with E-state index in [-0.39, 0.29) is 56.1 Å². The van der Waals surface area contributed by atoms with Crippen LogP contribution in [0, 0.1) is 0 Å². The minimum absolute atomic E-state index is 0.0273. The summed E-state index contributed by atoms with van der Waals surface area (Å²) < 4.78 is 17.6. The number of methoxy groups -OCH3 is 1. The molecule has 7 heteroatoms. The summed E-state index contributed by atoms with van der Waals surface area (Å²) in [5.41, 5.74) is -0.345. The molecule has 4 rings (SSSR count). The van der Waals surface area contributed by atoms with Crippen molar-refractivity contribution in [1.82, 2.24) is 0 Å². The van der Waals surface area contributed by atoms with Crippen molar-refractivity contribution in [2.24, 2.45) is 0 Å². The van der Waals surface area contributed by atoms with E-state index in [9.17, 15) is 20.1 Å². The number of ether oxygens (including phenoxy) is 2. The Balaban J connectivity index is 1.89. The van der Waals surface area contributed by atoms with E-state index in [0.717, 1.165) is 25.3 Å². The highest BCUT2D eigenvalue weighted by atomic mass is 16.5. The zero-order valence-corrected chi connectivity index (χ0v) is 18.2. The van der Waals surface area contributed by atoms with E-state index in [0.29, 0.717) is 18.4 Å². The van der Waals surface area contributed by atoms with Gasteiger partial charge in [-0.15, -0.1) is 0 Å². The van der Waals surface area contributed by atoms with Crippen LogP contribution in [0.1, 0.15) is 52.0 Å². The van der Waals surface area contributed by atoms with Gasteiger partial charge in [-0.25, -0.2) is 0 Å². The van der Waals surface area contributed by atoms with Gasteiger partial charge in [0.15, 0.2) is 11.5 Å². The van der Waals surface area contributed by atoms with Gasteiger partial charge in [0.25, 0.3) is 0 Å². The van der Waals surface area contributed by atoms with Gasteiger partial charge in [-0.3, -0.25) is 4.79 Å². The quantitative estimate of drug-likeness (QED) is 0.515. The molecule has 3 aromatic rings. The first kappa shape index (κ1) is 21.3. The SMILES string of the molecule is COc1c(O)cc2oc3cc(O)cc(O)c3c(=O)c2c1CCC1(C)CCCC(C)(C)O1. The van der Waals surface area contributed by atoms with Crippen molar-refractivity contribution < 1.29 is 29.2 Å². The smallest absolute Gasteiger partial charge is 0.204 e. The molecule has 1 fully saturated rings. The van der Waals surface area contributed by atoms with Crippen molar-refractivity contribution in [2.75, 3.05) is 7.11 Å². The lowest BCUT2D eigenvalue weighted by Gasteiger charge is -2.43. The zero-order chi connectivity index (χ0) is 22.6. The zero-order valence-electron chi connectivity index (χ0n) is 18.2. The molecule has 1 atom stereocenters. The van der Waals surface area contributed by atoms with Gasteiger partial charge in [-0.1, -0.05) is 0 Å². The minimum atomic E-state index is -0.447. The van der Waals surface area contributed by atoms with E-state index < -0.39 is 5.43 Å². The lowest BCUT2D eigenvalue weighted by molar-refractivity contribution is -0.167. The second kappa shape index (κ2) is 7.34. The lowest BCUT2D eigenvalue weighted by atomic mass is 9.84. The molecule has 1 aliphatic heterocycles. The van der Waals surface area contributed by atoms with E-state index in [1.165, 1.54) is 19.2 Å². The third-order valence-corrected chi connectivity index (χ3v) is 6.18. The second-order valence-electron chi connectivity index (χ2n) is 9.22. The maximum absolute atomic E-state index is 13.4. The van der Waals surface area contributed by atoms with Gasteiger partial charge in [0.1, 0.15) is 28.1 Å². The molecule has 0 aliphatic carbocycles. The van der Waals surface area contributed by atoms with Crippen LogP contribution in [-0.2, 0) is 11.2 Å². The van der Waals surface area contributed by atoms with Gasteiger partial charge in [0.05, 0.1) is 23.7 Å². The number of aryl methyl sites for hydroxylation is 1. The summed E-state index contributed by atoms with van der Waals surface area (Å²) in [5, 5.41) is 30.8. The molecule has 0 amide bonds. The highest BCUT2D eigenvalue weighted by molar-refractivity contribution is 5.96. The molecule has 2 heterocycles. The van der Waals surface area contributed by atoms with E-state index in [4.69, 9.17) is 13.9 Å². The van der Waals surface area contributed by atoms with Crippen LogP contribution >= 0.6 is 0 Å². The van der Waals surface area contributed by atoms with E-state index in [2.05, 4.69) is 20.8 Å². The Hall–Kier alpha value is -2.93. The summed E-state index contributed by atoms with van der Waals surface area (Å²) in [4.78, 5) is 13.4. The number of benzene rings is 2. The molecule has 0 saturated carbocycles. The molecule has 0 spiro atoms. The molecule has 1 unspecified atom stereocenters. The predicted octanol–water partition coefficient (Wildman–Crippen LogP) is 4.74. The molecule has 7 nitrogen and oxygen atoms in total. The lowest BCUT2D eigenvalue weighted by Crippen LogP contribution is -2.43.